The number of nitrogens with one attached hydrogen (secondary N) is 2. The van der Waals surface area contributed by atoms with Crippen molar-refractivity contribution in [3.63, 3.8) is 0 Å². The lowest BCUT2D eigenvalue weighted by molar-refractivity contribution is 0.865. The summed E-state index contributed by atoms with van der Waals surface area (Å²) < 4.78 is 1.08. The maximum Gasteiger partial charge on any atom is 0.224 e. The highest BCUT2D eigenvalue weighted by Crippen LogP contribution is 2.23. The van der Waals surface area contributed by atoms with Gasteiger partial charge in [0.15, 0.2) is 0 Å². The maximum atomic E-state index is 4.55. The highest BCUT2D eigenvalue weighted by molar-refractivity contribution is 9.10. The molecule has 0 spiro atoms. The standard InChI is InChI=1S/C16H21BrN4/c1-4-8-18-16-19-10-11(2)15(21-16)20-12(3)13-6-5-7-14(17)9-13/h5-7,9-10,12H,4,8H2,1-3H3,(H2,18,19,20,21). The molecule has 1 unspecified atom stereocenters. The normalized spacial score (nSPS) is 12.0. The number of nitrogens with zero attached hydrogens (tertiary/aromatic N) is 2. The Kier molecular flexibility index (Phi) is 5.56. The molecule has 0 radical (unpaired) electrons. The van der Waals surface area contributed by atoms with E-state index in [0.717, 1.165) is 28.8 Å². The molecule has 2 rings (SSSR count). The van der Waals surface area contributed by atoms with Gasteiger partial charge in [-0.25, -0.2) is 4.98 Å². The molecule has 4 nitrogen and oxygen atoms in total. The number of benzene rings is 1. The van der Waals surface area contributed by atoms with Crippen LogP contribution < -0.4 is 10.6 Å². The molecule has 0 aliphatic heterocycles. The summed E-state index contributed by atoms with van der Waals surface area (Å²) >= 11 is 3.51. The number of aromatic nitrogens is 2. The molecule has 2 N–H and O–H groups in total. The number of aryl methyl sites for hydroxylation is 1. The van der Waals surface area contributed by atoms with Crippen molar-refractivity contribution in [1.82, 2.24) is 9.97 Å². The topological polar surface area (TPSA) is 49.8 Å². The first-order chi connectivity index (χ1) is 10.1. The summed E-state index contributed by atoms with van der Waals surface area (Å²) in [5.74, 6) is 1.54. The van der Waals surface area contributed by atoms with Crippen molar-refractivity contribution >= 4 is 27.7 Å². The van der Waals surface area contributed by atoms with Gasteiger partial charge in [-0.2, -0.15) is 4.98 Å². The molecule has 5 heteroatoms. The van der Waals surface area contributed by atoms with Gasteiger partial charge < -0.3 is 10.6 Å². The molecule has 0 bridgehead atoms. The average Bonchev–Trinajstić information content (AvgIpc) is 2.48. The monoisotopic (exact) mass is 348 g/mol. The Morgan fingerprint density at radius 1 is 1.33 bits per heavy atom. The van der Waals surface area contributed by atoms with E-state index in [1.807, 2.05) is 25.3 Å². The molecule has 0 saturated carbocycles. The molecule has 1 aromatic heterocycles. The molecule has 0 aliphatic carbocycles. The van der Waals surface area contributed by atoms with Crippen LogP contribution in [-0.2, 0) is 0 Å². The van der Waals surface area contributed by atoms with Crippen molar-refractivity contribution in [3.8, 4) is 0 Å². The molecule has 1 atom stereocenters. The lowest BCUT2D eigenvalue weighted by atomic mass is 10.1. The van der Waals surface area contributed by atoms with Crippen molar-refractivity contribution in [2.45, 2.75) is 33.2 Å². The van der Waals surface area contributed by atoms with E-state index >= 15 is 0 Å². The summed E-state index contributed by atoms with van der Waals surface area (Å²) in [5, 5.41) is 6.67. The number of hydrogen-bond donors (Lipinski definition) is 2. The number of halogens is 1. The van der Waals surface area contributed by atoms with Gasteiger partial charge in [-0.3, -0.25) is 0 Å². The Hall–Kier alpha value is -1.62. The van der Waals surface area contributed by atoms with Crippen molar-refractivity contribution in [3.05, 3.63) is 46.1 Å². The SMILES string of the molecule is CCCNc1ncc(C)c(NC(C)c2cccc(Br)c2)n1. The van der Waals surface area contributed by atoms with Gasteiger partial charge in [0.05, 0.1) is 0 Å². The fourth-order valence-corrected chi connectivity index (χ4v) is 2.39. The molecule has 21 heavy (non-hydrogen) atoms. The predicted octanol–water partition coefficient (Wildman–Crippen LogP) is 4.54. The van der Waals surface area contributed by atoms with E-state index in [-0.39, 0.29) is 6.04 Å². The minimum Gasteiger partial charge on any atom is -0.363 e. The van der Waals surface area contributed by atoms with Gasteiger partial charge in [-0.05, 0) is 38.0 Å². The lowest BCUT2D eigenvalue weighted by Crippen LogP contribution is -2.12. The maximum absolute atomic E-state index is 4.55. The summed E-state index contributed by atoms with van der Waals surface area (Å²) in [7, 11) is 0. The first-order valence-electron chi connectivity index (χ1n) is 7.19. The van der Waals surface area contributed by atoms with E-state index in [0.29, 0.717) is 5.95 Å². The number of hydrogen-bond acceptors (Lipinski definition) is 4. The third-order valence-corrected chi connectivity index (χ3v) is 3.70. The molecule has 0 fully saturated rings. The van der Waals surface area contributed by atoms with Crippen molar-refractivity contribution in [2.24, 2.45) is 0 Å². The summed E-state index contributed by atoms with van der Waals surface area (Å²) in [6.45, 7) is 7.14. The molecule has 1 heterocycles. The van der Waals surface area contributed by atoms with Crippen molar-refractivity contribution in [1.29, 1.82) is 0 Å². The molecule has 0 aliphatic rings. The van der Waals surface area contributed by atoms with Crippen molar-refractivity contribution in [2.75, 3.05) is 17.2 Å². The van der Waals surface area contributed by atoms with Crippen LogP contribution in [0.2, 0.25) is 0 Å². The van der Waals surface area contributed by atoms with Gasteiger partial charge in [0.2, 0.25) is 5.95 Å². The van der Waals surface area contributed by atoms with Crippen LogP contribution in [0, 0.1) is 6.92 Å². The third-order valence-electron chi connectivity index (χ3n) is 3.21. The highest BCUT2D eigenvalue weighted by Gasteiger charge is 2.09. The minimum atomic E-state index is 0.176. The van der Waals surface area contributed by atoms with Gasteiger partial charge in [-0.1, -0.05) is 35.0 Å². The fraction of sp³-hybridized carbons (Fsp3) is 0.375. The predicted molar refractivity (Wildman–Crippen MR) is 91.7 cm³/mol. The highest BCUT2D eigenvalue weighted by atomic mass is 79.9. The van der Waals surface area contributed by atoms with E-state index in [1.54, 1.807) is 0 Å². The quantitative estimate of drug-likeness (QED) is 0.804. The molecule has 0 saturated heterocycles. The van der Waals surface area contributed by atoms with E-state index in [1.165, 1.54) is 5.56 Å². The second kappa shape index (κ2) is 7.41. The molecular weight excluding hydrogens is 328 g/mol. The zero-order valence-corrected chi connectivity index (χ0v) is 14.2. The third kappa shape index (κ3) is 4.43. The summed E-state index contributed by atoms with van der Waals surface area (Å²) in [4.78, 5) is 8.85. The lowest BCUT2D eigenvalue weighted by Gasteiger charge is -2.17. The Morgan fingerprint density at radius 3 is 2.86 bits per heavy atom. The van der Waals surface area contributed by atoms with E-state index in [2.05, 4.69) is 62.5 Å². The van der Waals surface area contributed by atoms with Crippen LogP contribution in [0.15, 0.2) is 34.9 Å². The smallest absolute Gasteiger partial charge is 0.224 e. The zero-order valence-electron chi connectivity index (χ0n) is 12.7. The van der Waals surface area contributed by atoms with Crippen LogP contribution in [0.25, 0.3) is 0 Å². The van der Waals surface area contributed by atoms with E-state index < -0.39 is 0 Å². The van der Waals surface area contributed by atoms with Crippen LogP contribution in [-0.4, -0.2) is 16.5 Å². The zero-order chi connectivity index (χ0) is 15.2. The summed E-state index contributed by atoms with van der Waals surface area (Å²) in [5.41, 5.74) is 2.25. The molecule has 2 aromatic rings. The van der Waals surface area contributed by atoms with Gasteiger partial charge >= 0.3 is 0 Å². The van der Waals surface area contributed by atoms with Crippen molar-refractivity contribution < 1.29 is 0 Å². The van der Waals surface area contributed by atoms with Crippen LogP contribution in [0.4, 0.5) is 11.8 Å². The number of rotatable bonds is 6. The molecule has 0 amide bonds. The summed E-state index contributed by atoms with van der Waals surface area (Å²) in [6.07, 6.45) is 2.90. The van der Waals surface area contributed by atoms with Crippen LogP contribution in [0.1, 0.15) is 37.4 Å². The second-order valence-electron chi connectivity index (χ2n) is 5.07. The van der Waals surface area contributed by atoms with Gasteiger partial charge in [-0.15, -0.1) is 0 Å². The summed E-state index contributed by atoms with van der Waals surface area (Å²) in [6, 6.07) is 8.46. The fourth-order valence-electron chi connectivity index (χ4n) is 1.97. The van der Waals surface area contributed by atoms with Gasteiger partial charge in [0.25, 0.3) is 0 Å². The van der Waals surface area contributed by atoms with E-state index in [4.69, 9.17) is 0 Å². The molecule has 112 valence electrons. The van der Waals surface area contributed by atoms with Crippen LogP contribution >= 0.6 is 15.9 Å². The molecular formula is C16H21BrN4. The van der Waals surface area contributed by atoms with E-state index in [9.17, 15) is 0 Å². The largest absolute Gasteiger partial charge is 0.363 e. The molecule has 1 aromatic carbocycles. The van der Waals surface area contributed by atoms with Crippen LogP contribution in [0.3, 0.4) is 0 Å². The Bertz CT molecular complexity index is 601. The van der Waals surface area contributed by atoms with Gasteiger partial charge in [0, 0.05) is 28.8 Å². The first-order valence-corrected chi connectivity index (χ1v) is 7.99. The van der Waals surface area contributed by atoms with Crippen LogP contribution in [0.5, 0.6) is 0 Å². The Morgan fingerprint density at radius 2 is 2.14 bits per heavy atom. The second-order valence-corrected chi connectivity index (χ2v) is 5.99. The Balaban J connectivity index is 2.14. The number of anilines is 2. The average molecular weight is 349 g/mol. The Labute approximate surface area is 134 Å². The first kappa shape index (κ1) is 15.8. The van der Waals surface area contributed by atoms with Gasteiger partial charge in [0.1, 0.15) is 5.82 Å². The minimum absolute atomic E-state index is 0.176.